The summed E-state index contributed by atoms with van der Waals surface area (Å²) >= 11 is 24.9. The first-order valence-electron chi connectivity index (χ1n) is 20.4. The highest BCUT2D eigenvalue weighted by Crippen LogP contribution is 2.52. The second-order valence-corrected chi connectivity index (χ2v) is 18.4. The van der Waals surface area contributed by atoms with E-state index in [2.05, 4.69) is 22.0 Å². The number of benzene rings is 2. The Kier molecular flexibility index (Phi) is 12.4. The van der Waals surface area contributed by atoms with Crippen molar-refractivity contribution in [1.29, 1.82) is 0 Å². The van der Waals surface area contributed by atoms with E-state index in [1.165, 1.54) is 36.8 Å². The Morgan fingerprint density at radius 2 is 1.02 bits per heavy atom. The Hall–Kier alpha value is -2.06. The third kappa shape index (κ3) is 8.46. The van der Waals surface area contributed by atoms with E-state index in [1.54, 1.807) is 0 Å². The molecule has 8 saturated heterocycles. The zero-order chi connectivity index (χ0) is 37.3. The Morgan fingerprint density at radius 3 is 1.44 bits per heavy atom. The van der Waals surface area contributed by atoms with E-state index in [4.69, 9.17) is 55.9 Å². The second-order valence-electron chi connectivity index (χ2n) is 16.7. The zero-order valence-corrected chi connectivity index (χ0v) is 34.0. The van der Waals surface area contributed by atoms with E-state index in [1.807, 2.05) is 36.4 Å². The summed E-state index contributed by atoms with van der Waals surface area (Å²) in [7, 11) is 0. The maximum atomic E-state index is 12.8. The molecule has 290 valence electrons. The molecule has 8 fully saturated rings. The molecule has 8 heterocycles. The molecule has 10 heteroatoms. The maximum Gasteiger partial charge on any atom is 0.305 e. The molecule has 2 aromatic rings. The molecule has 10 atom stereocenters. The second kappa shape index (κ2) is 17.2. The van der Waals surface area contributed by atoms with Crippen LogP contribution in [0, 0.1) is 23.7 Å². The predicted octanol–water partition coefficient (Wildman–Crippen LogP) is 10.9. The van der Waals surface area contributed by atoms with Crippen molar-refractivity contribution in [3.8, 4) is 0 Å². The van der Waals surface area contributed by atoms with Crippen LogP contribution >= 0.6 is 46.4 Å². The minimum atomic E-state index is -0.0770. The molecule has 0 aliphatic carbocycles. The first-order valence-corrected chi connectivity index (χ1v) is 21.9. The lowest BCUT2D eigenvalue weighted by atomic mass is 9.71. The number of piperidine rings is 6. The Morgan fingerprint density at radius 1 is 0.593 bits per heavy atom. The minimum absolute atomic E-state index is 0.0770. The number of esters is 2. The Balaban J connectivity index is 0.712. The van der Waals surface area contributed by atoms with Crippen LogP contribution in [0.1, 0.15) is 101 Å². The maximum absolute atomic E-state index is 12.8. The van der Waals surface area contributed by atoms with Gasteiger partial charge in [0.1, 0.15) is 0 Å². The average Bonchev–Trinajstić information content (AvgIpc) is 3.66. The van der Waals surface area contributed by atoms with Crippen LogP contribution in [0.2, 0.25) is 20.1 Å². The molecule has 8 aliphatic rings. The van der Waals surface area contributed by atoms with Crippen LogP contribution in [-0.4, -0.2) is 72.2 Å². The number of halogens is 4. The number of rotatable bonds is 15. The van der Waals surface area contributed by atoms with Gasteiger partial charge in [0.2, 0.25) is 0 Å². The van der Waals surface area contributed by atoms with Crippen molar-refractivity contribution in [3.05, 3.63) is 78.8 Å². The summed E-state index contributed by atoms with van der Waals surface area (Å²) < 4.78 is 11.9. The molecule has 6 nitrogen and oxygen atoms in total. The van der Waals surface area contributed by atoms with Crippen LogP contribution in [0.5, 0.6) is 0 Å². The summed E-state index contributed by atoms with van der Waals surface area (Å²) in [5.74, 6) is 1.43. The van der Waals surface area contributed by atoms with Crippen LogP contribution in [0.25, 0.3) is 12.2 Å². The number of fused-ring (bicyclic) bond motifs is 2. The molecule has 2 aromatic carbocycles. The lowest BCUT2D eigenvalue weighted by Gasteiger charge is -2.51. The fourth-order valence-corrected chi connectivity index (χ4v) is 11.6. The van der Waals surface area contributed by atoms with E-state index < -0.39 is 0 Å². The molecule has 8 bridgehead atoms. The number of carbonyl (C=O) groups excluding carboxylic acids is 2. The molecular weight excluding hydrogens is 762 g/mol. The standard InChI is InChI=1S/C44H52Cl4N2O4/c45-37-13-9-27(19-39(37)47)17-29-23-49-31-11-15-41(49)35(33(29)21-31)25-53-43(51)7-5-3-1-2-4-6-8-44(52)54-26-36-34-22-32-12-16-42(36)50(32)24-30(34)18-28-10-14-38(46)40(48)20-28/h9-10,13-14,17-20,31-36,41-42H,1-8,11-12,15-16,21-26H2/b29-17+,30-18+/t31-,32-,33+,34+,35-,36-,41+,42+/m0/s1. The van der Waals surface area contributed by atoms with E-state index in [0.717, 1.165) is 75.6 Å². The van der Waals surface area contributed by atoms with Crippen molar-refractivity contribution in [2.24, 2.45) is 23.7 Å². The molecule has 0 amide bonds. The molecule has 8 aliphatic heterocycles. The third-order valence-corrected chi connectivity index (χ3v) is 15.1. The molecule has 2 unspecified atom stereocenters. The summed E-state index contributed by atoms with van der Waals surface area (Å²) in [5.41, 5.74) is 4.99. The van der Waals surface area contributed by atoms with Gasteiger partial charge in [-0.25, -0.2) is 0 Å². The number of nitrogens with zero attached hydrogens (tertiary/aromatic N) is 2. The summed E-state index contributed by atoms with van der Waals surface area (Å²) in [6.45, 7) is 3.00. The van der Waals surface area contributed by atoms with Crippen molar-refractivity contribution in [2.75, 3.05) is 26.3 Å². The first kappa shape index (κ1) is 38.8. The quantitative estimate of drug-likeness (QED) is 0.132. The van der Waals surface area contributed by atoms with Gasteiger partial charge in [0, 0.05) is 61.9 Å². The number of carbonyl (C=O) groups is 2. The zero-order valence-electron chi connectivity index (χ0n) is 31.0. The Labute approximate surface area is 340 Å². The monoisotopic (exact) mass is 812 g/mol. The molecule has 0 N–H and O–H groups in total. The van der Waals surface area contributed by atoms with Crippen molar-refractivity contribution in [2.45, 2.75) is 114 Å². The lowest BCUT2D eigenvalue weighted by Crippen LogP contribution is -2.57. The highest BCUT2D eigenvalue weighted by Gasteiger charge is 2.53. The van der Waals surface area contributed by atoms with Gasteiger partial charge in [-0.1, -0.05) is 108 Å². The summed E-state index contributed by atoms with van der Waals surface area (Å²) in [6, 6.07) is 14.0. The summed E-state index contributed by atoms with van der Waals surface area (Å²) in [4.78, 5) is 30.9. The lowest BCUT2D eigenvalue weighted by molar-refractivity contribution is -0.148. The number of hydrogen-bond acceptors (Lipinski definition) is 6. The van der Waals surface area contributed by atoms with Gasteiger partial charge in [0.05, 0.1) is 33.3 Å². The van der Waals surface area contributed by atoms with E-state index in [0.29, 0.717) is 94.0 Å². The van der Waals surface area contributed by atoms with Gasteiger partial charge < -0.3 is 9.47 Å². The molecular formula is C44H52Cl4N2O4. The van der Waals surface area contributed by atoms with Gasteiger partial charge in [0.15, 0.2) is 0 Å². The van der Waals surface area contributed by atoms with Crippen LogP contribution in [0.15, 0.2) is 47.5 Å². The number of ether oxygens (including phenoxy) is 2. The fraction of sp³-hybridized carbons (Fsp3) is 0.591. The summed E-state index contributed by atoms with van der Waals surface area (Å²) in [5, 5.41) is 2.29. The van der Waals surface area contributed by atoms with Gasteiger partial charge >= 0.3 is 11.9 Å². The highest BCUT2D eigenvalue weighted by atomic mass is 35.5. The van der Waals surface area contributed by atoms with E-state index in [-0.39, 0.29) is 11.9 Å². The van der Waals surface area contributed by atoms with E-state index >= 15 is 0 Å². The van der Waals surface area contributed by atoms with Gasteiger partial charge in [-0.05, 0) is 98.6 Å². The molecule has 54 heavy (non-hydrogen) atoms. The molecule has 0 aromatic heterocycles. The van der Waals surface area contributed by atoms with Gasteiger partial charge in [-0.15, -0.1) is 0 Å². The van der Waals surface area contributed by atoms with Crippen LogP contribution in [0.4, 0.5) is 0 Å². The SMILES string of the molecule is O=C(CCCCCCCCC(=O)OC[C@H]1[C@@H]2C[C@@H]3CC[C@H]1N3C/C2=C\c1ccc(Cl)c(Cl)c1)OC[C@H]1[C@@H]2C[C@@H]3CC[C@H]1N3C/C2=C\c1ccc(Cl)c(Cl)c1. The third-order valence-electron chi connectivity index (χ3n) is 13.6. The van der Waals surface area contributed by atoms with Crippen molar-refractivity contribution >= 4 is 70.5 Å². The number of unbranched alkanes of at least 4 members (excludes halogenated alkanes) is 5. The molecule has 10 rings (SSSR count). The average molecular weight is 815 g/mol. The van der Waals surface area contributed by atoms with Crippen LogP contribution in [0.3, 0.4) is 0 Å². The van der Waals surface area contributed by atoms with Crippen molar-refractivity contribution < 1.29 is 19.1 Å². The van der Waals surface area contributed by atoms with Gasteiger partial charge in [0.25, 0.3) is 0 Å². The van der Waals surface area contributed by atoms with Gasteiger partial charge in [-0.2, -0.15) is 0 Å². The fourth-order valence-electron chi connectivity index (χ4n) is 11.0. The van der Waals surface area contributed by atoms with Crippen LogP contribution < -0.4 is 0 Å². The molecule has 0 radical (unpaired) electrons. The van der Waals surface area contributed by atoms with E-state index in [9.17, 15) is 9.59 Å². The van der Waals surface area contributed by atoms with Crippen molar-refractivity contribution in [1.82, 2.24) is 9.80 Å². The smallest absolute Gasteiger partial charge is 0.305 e. The normalized spacial score (nSPS) is 33.2. The first-order chi connectivity index (χ1) is 26.2. The molecule has 0 saturated carbocycles. The minimum Gasteiger partial charge on any atom is -0.465 e. The Bertz CT molecular complexity index is 1650. The van der Waals surface area contributed by atoms with Crippen LogP contribution in [-0.2, 0) is 19.1 Å². The van der Waals surface area contributed by atoms with Gasteiger partial charge in [-0.3, -0.25) is 19.4 Å². The topological polar surface area (TPSA) is 59.1 Å². The van der Waals surface area contributed by atoms with Crippen molar-refractivity contribution in [3.63, 3.8) is 0 Å². The highest BCUT2D eigenvalue weighted by molar-refractivity contribution is 6.42. The predicted molar refractivity (Wildman–Crippen MR) is 218 cm³/mol. The molecule has 0 spiro atoms. The summed E-state index contributed by atoms with van der Waals surface area (Å²) in [6.07, 6.45) is 18.5. The number of hydrogen-bond donors (Lipinski definition) is 0. The largest absolute Gasteiger partial charge is 0.465 e.